The molecule has 6 nitrogen and oxygen atoms in total. The SMILES string of the molecule is Cc1cc(NC(=O)C(C)Oc2ccc(Cl)cc2Cl)cc(C(=O)O)c1O. The number of carbonyl (C=O) groups is 2. The molecule has 1 atom stereocenters. The molecule has 1 amide bonds. The van der Waals surface area contributed by atoms with Crippen LogP contribution in [0.4, 0.5) is 5.69 Å². The number of carbonyl (C=O) groups excluding carboxylic acids is 1. The van der Waals surface area contributed by atoms with Gasteiger partial charge in [-0.15, -0.1) is 0 Å². The van der Waals surface area contributed by atoms with E-state index < -0.39 is 18.0 Å². The molecule has 0 aliphatic carbocycles. The predicted octanol–water partition coefficient (Wildman–Crippen LogP) is 4.11. The summed E-state index contributed by atoms with van der Waals surface area (Å²) in [6.45, 7) is 3.05. The van der Waals surface area contributed by atoms with Crippen LogP contribution in [0.1, 0.15) is 22.8 Å². The van der Waals surface area contributed by atoms with E-state index in [0.29, 0.717) is 16.3 Å². The van der Waals surface area contributed by atoms with Crippen molar-refractivity contribution in [2.45, 2.75) is 20.0 Å². The number of carboxylic acids is 1. The summed E-state index contributed by atoms with van der Waals surface area (Å²) < 4.78 is 5.50. The normalized spacial score (nSPS) is 11.7. The van der Waals surface area contributed by atoms with Crippen LogP contribution < -0.4 is 10.1 Å². The number of phenols is 1. The van der Waals surface area contributed by atoms with Crippen LogP contribution in [0.3, 0.4) is 0 Å². The highest BCUT2D eigenvalue weighted by atomic mass is 35.5. The van der Waals surface area contributed by atoms with Crippen molar-refractivity contribution in [1.82, 2.24) is 0 Å². The van der Waals surface area contributed by atoms with Gasteiger partial charge in [0, 0.05) is 10.7 Å². The van der Waals surface area contributed by atoms with Crippen LogP contribution in [0.25, 0.3) is 0 Å². The minimum Gasteiger partial charge on any atom is -0.507 e. The maximum Gasteiger partial charge on any atom is 0.339 e. The third-order valence-corrected chi connectivity index (χ3v) is 3.90. The number of halogens is 2. The van der Waals surface area contributed by atoms with E-state index in [1.165, 1.54) is 32.0 Å². The number of hydrogen-bond donors (Lipinski definition) is 3. The first-order chi connectivity index (χ1) is 11.7. The van der Waals surface area contributed by atoms with E-state index in [-0.39, 0.29) is 22.0 Å². The van der Waals surface area contributed by atoms with Gasteiger partial charge in [-0.2, -0.15) is 0 Å². The fourth-order valence-electron chi connectivity index (χ4n) is 2.07. The van der Waals surface area contributed by atoms with Crippen molar-refractivity contribution < 1.29 is 24.5 Å². The highest BCUT2D eigenvalue weighted by Crippen LogP contribution is 2.29. The third kappa shape index (κ3) is 4.55. The summed E-state index contributed by atoms with van der Waals surface area (Å²) >= 11 is 11.8. The van der Waals surface area contributed by atoms with Crippen LogP contribution in [0, 0.1) is 6.92 Å². The number of rotatable bonds is 5. The van der Waals surface area contributed by atoms with Gasteiger partial charge in [0.1, 0.15) is 17.1 Å². The van der Waals surface area contributed by atoms with E-state index in [4.69, 9.17) is 33.0 Å². The summed E-state index contributed by atoms with van der Waals surface area (Å²) in [6, 6.07) is 7.25. The predicted molar refractivity (Wildman–Crippen MR) is 95.0 cm³/mol. The molecule has 3 N–H and O–H groups in total. The van der Waals surface area contributed by atoms with Crippen LogP contribution in [-0.2, 0) is 4.79 Å². The molecular weight excluding hydrogens is 369 g/mol. The Balaban J connectivity index is 2.15. The summed E-state index contributed by atoms with van der Waals surface area (Å²) in [4.78, 5) is 23.4. The van der Waals surface area contributed by atoms with Gasteiger partial charge in [-0.05, 0) is 49.7 Å². The Kier molecular flexibility index (Phi) is 5.77. The molecule has 0 aliphatic rings. The Morgan fingerprint density at radius 2 is 1.88 bits per heavy atom. The third-order valence-electron chi connectivity index (χ3n) is 3.37. The molecule has 2 aromatic rings. The number of hydrogen-bond acceptors (Lipinski definition) is 4. The van der Waals surface area contributed by atoms with E-state index in [9.17, 15) is 14.7 Å². The monoisotopic (exact) mass is 383 g/mol. The molecule has 0 radical (unpaired) electrons. The van der Waals surface area contributed by atoms with Gasteiger partial charge in [0.2, 0.25) is 0 Å². The maximum absolute atomic E-state index is 12.3. The molecule has 0 aliphatic heterocycles. The van der Waals surface area contributed by atoms with Gasteiger partial charge in [-0.3, -0.25) is 4.79 Å². The van der Waals surface area contributed by atoms with Crippen molar-refractivity contribution in [3.63, 3.8) is 0 Å². The lowest BCUT2D eigenvalue weighted by molar-refractivity contribution is -0.122. The molecule has 0 bridgehead atoms. The first-order valence-corrected chi connectivity index (χ1v) is 7.94. The highest BCUT2D eigenvalue weighted by molar-refractivity contribution is 6.35. The van der Waals surface area contributed by atoms with Crippen molar-refractivity contribution in [1.29, 1.82) is 0 Å². The van der Waals surface area contributed by atoms with Crippen molar-refractivity contribution in [3.8, 4) is 11.5 Å². The number of aromatic hydroxyl groups is 1. The van der Waals surface area contributed by atoms with Gasteiger partial charge < -0.3 is 20.3 Å². The van der Waals surface area contributed by atoms with E-state index in [1.807, 2.05) is 0 Å². The number of benzene rings is 2. The number of nitrogens with one attached hydrogen (secondary N) is 1. The molecule has 0 spiro atoms. The summed E-state index contributed by atoms with van der Waals surface area (Å²) in [7, 11) is 0. The summed E-state index contributed by atoms with van der Waals surface area (Å²) in [5, 5.41) is 22.1. The average molecular weight is 384 g/mol. The first kappa shape index (κ1) is 18.9. The van der Waals surface area contributed by atoms with Crippen LogP contribution in [0.5, 0.6) is 11.5 Å². The average Bonchev–Trinajstić information content (AvgIpc) is 2.52. The van der Waals surface area contributed by atoms with Gasteiger partial charge in [-0.25, -0.2) is 4.79 Å². The number of aryl methyl sites for hydroxylation is 1. The smallest absolute Gasteiger partial charge is 0.339 e. The zero-order chi connectivity index (χ0) is 18.7. The Bertz CT molecular complexity index is 838. The maximum atomic E-state index is 12.3. The van der Waals surface area contributed by atoms with Crippen molar-refractivity contribution >= 4 is 40.8 Å². The van der Waals surface area contributed by atoms with Crippen LogP contribution in [0.15, 0.2) is 30.3 Å². The Morgan fingerprint density at radius 3 is 2.48 bits per heavy atom. The Labute approximate surface area is 153 Å². The second kappa shape index (κ2) is 7.63. The molecule has 0 aromatic heterocycles. The van der Waals surface area contributed by atoms with Crippen molar-refractivity contribution in [2.24, 2.45) is 0 Å². The number of anilines is 1. The fraction of sp³-hybridized carbons (Fsp3) is 0.176. The summed E-state index contributed by atoms with van der Waals surface area (Å²) in [5.74, 6) is -1.86. The highest BCUT2D eigenvalue weighted by Gasteiger charge is 2.19. The van der Waals surface area contributed by atoms with Crippen molar-refractivity contribution in [3.05, 3.63) is 51.5 Å². The molecule has 25 heavy (non-hydrogen) atoms. The second-order valence-corrected chi connectivity index (χ2v) is 6.16. The fourth-order valence-corrected chi connectivity index (χ4v) is 2.53. The van der Waals surface area contributed by atoms with E-state index in [2.05, 4.69) is 5.32 Å². The number of aromatic carboxylic acids is 1. The molecule has 0 heterocycles. The lowest BCUT2D eigenvalue weighted by atomic mass is 10.1. The quantitative estimate of drug-likeness (QED) is 0.675. The zero-order valence-corrected chi connectivity index (χ0v) is 14.9. The lowest BCUT2D eigenvalue weighted by Gasteiger charge is -2.16. The topological polar surface area (TPSA) is 95.9 Å². The van der Waals surface area contributed by atoms with Gasteiger partial charge in [0.25, 0.3) is 5.91 Å². The molecule has 2 rings (SSSR count). The molecule has 132 valence electrons. The van der Waals surface area contributed by atoms with Crippen LogP contribution >= 0.6 is 23.2 Å². The summed E-state index contributed by atoms with van der Waals surface area (Å²) in [6.07, 6.45) is -0.902. The first-order valence-electron chi connectivity index (χ1n) is 7.18. The van der Waals surface area contributed by atoms with Crippen LogP contribution in [-0.4, -0.2) is 28.2 Å². The minimum absolute atomic E-state index is 0.232. The molecule has 0 fully saturated rings. The van der Waals surface area contributed by atoms with Gasteiger partial charge in [0.05, 0.1) is 5.02 Å². The Hall–Kier alpha value is -2.44. The lowest BCUT2D eigenvalue weighted by Crippen LogP contribution is -2.30. The standard InChI is InChI=1S/C17H15Cl2NO5/c1-8-5-11(7-12(15(8)21)17(23)24)20-16(22)9(2)25-14-4-3-10(18)6-13(14)19/h3-7,9,21H,1-2H3,(H,20,22)(H,23,24). The Morgan fingerprint density at radius 1 is 1.20 bits per heavy atom. The zero-order valence-electron chi connectivity index (χ0n) is 13.3. The number of carboxylic acid groups (broad SMARTS) is 1. The largest absolute Gasteiger partial charge is 0.507 e. The van der Waals surface area contributed by atoms with Gasteiger partial charge in [-0.1, -0.05) is 23.2 Å². The molecule has 0 saturated heterocycles. The molecule has 1 unspecified atom stereocenters. The van der Waals surface area contributed by atoms with E-state index in [0.717, 1.165) is 0 Å². The second-order valence-electron chi connectivity index (χ2n) is 5.32. The van der Waals surface area contributed by atoms with Crippen molar-refractivity contribution in [2.75, 3.05) is 5.32 Å². The van der Waals surface area contributed by atoms with E-state index in [1.54, 1.807) is 12.1 Å². The summed E-state index contributed by atoms with van der Waals surface area (Å²) in [5.41, 5.74) is 0.254. The van der Waals surface area contributed by atoms with Gasteiger partial charge >= 0.3 is 5.97 Å². The molecule has 8 heteroatoms. The number of amides is 1. The van der Waals surface area contributed by atoms with Gasteiger partial charge in [0.15, 0.2) is 6.10 Å². The minimum atomic E-state index is -1.30. The number of ether oxygens (including phenoxy) is 1. The molecular formula is C17H15Cl2NO5. The van der Waals surface area contributed by atoms with E-state index >= 15 is 0 Å². The molecule has 0 saturated carbocycles. The van der Waals surface area contributed by atoms with Crippen LogP contribution in [0.2, 0.25) is 10.0 Å². The molecule has 2 aromatic carbocycles.